The van der Waals surface area contributed by atoms with E-state index in [0.717, 1.165) is 5.56 Å². The van der Waals surface area contributed by atoms with Gasteiger partial charge in [-0.2, -0.15) is 0 Å². The minimum atomic E-state index is -0.884. The van der Waals surface area contributed by atoms with Crippen LogP contribution in [0.15, 0.2) is 48.5 Å². The maximum absolute atomic E-state index is 12.7. The summed E-state index contributed by atoms with van der Waals surface area (Å²) in [7, 11) is 0. The van der Waals surface area contributed by atoms with Gasteiger partial charge in [0.1, 0.15) is 18.9 Å². The predicted octanol–water partition coefficient (Wildman–Crippen LogP) is 2.99. The lowest BCUT2D eigenvalue weighted by Gasteiger charge is -2.35. The highest BCUT2D eigenvalue weighted by atomic mass is 35.5. The molecule has 1 amide bonds. The van der Waals surface area contributed by atoms with Crippen LogP contribution in [0.25, 0.3) is 0 Å². The second kappa shape index (κ2) is 7.21. The molecule has 2 aliphatic rings. The molecule has 0 saturated carbocycles. The average Bonchev–Trinajstić information content (AvgIpc) is 3.00. The van der Waals surface area contributed by atoms with Crippen LogP contribution in [0.1, 0.15) is 23.7 Å². The van der Waals surface area contributed by atoms with Crippen molar-refractivity contribution in [2.45, 2.75) is 31.4 Å². The van der Waals surface area contributed by atoms with Gasteiger partial charge in [-0.3, -0.25) is 19.8 Å². The van der Waals surface area contributed by atoms with Crippen molar-refractivity contribution in [2.75, 3.05) is 0 Å². The predicted molar refractivity (Wildman–Crippen MR) is 97.2 cm³/mol. The van der Waals surface area contributed by atoms with Gasteiger partial charge in [0.05, 0.1) is 11.3 Å². The monoisotopic (exact) mass is 402 g/mol. The fraction of sp³-hybridized carbons (Fsp3) is 0.263. The number of halogens is 1. The minimum Gasteiger partial charge on any atom is -0.459 e. The Morgan fingerprint density at radius 1 is 1.21 bits per heavy atom. The first-order valence-corrected chi connectivity index (χ1v) is 8.94. The molecule has 9 heteroatoms. The second-order valence-corrected chi connectivity index (χ2v) is 6.98. The molecule has 2 aliphatic heterocycles. The number of hydrogen-bond acceptors (Lipinski definition) is 6. The molecule has 2 heterocycles. The molecule has 0 bridgehead atoms. The fourth-order valence-electron chi connectivity index (χ4n) is 3.34. The molecule has 2 aromatic carbocycles. The molecule has 0 radical (unpaired) electrons. The molecular weight excluding hydrogens is 388 g/mol. The molecule has 0 aliphatic carbocycles. The second-order valence-electron chi connectivity index (χ2n) is 6.54. The van der Waals surface area contributed by atoms with Crippen molar-refractivity contribution in [1.82, 2.24) is 4.90 Å². The van der Waals surface area contributed by atoms with E-state index in [1.54, 1.807) is 24.3 Å². The highest BCUT2D eigenvalue weighted by molar-refractivity contribution is 6.30. The maximum atomic E-state index is 12.7. The SMILES string of the molecule is O=C(OCc1ccc([N+](=O)[O-])cc1)[C@H]1C(c2ccc(Cl)cc2)O[C@@H]2CC(=O)N21. The lowest BCUT2D eigenvalue weighted by Crippen LogP contribution is -2.55. The van der Waals surface area contributed by atoms with Crippen LogP contribution in [0, 0.1) is 10.1 Å². The molecule has 1 unspecified atom stereocenters. The Balaban J connectivity index is 1.49. The van der Waals surface area contributed by atoms with Gasteiger partial charge in [0, 0.05) is 17.2 Å². The molecule has 28 heavy (non-hydrogen) atoms. The molecule has 144 valence electrons. The van der Waals surface area contributed by atoms with E-state index in [0.29, 0.717) is 10.6 Å². The number of esters is 1. The zero-order valence-corrected chi connectivity index (χ0v) is 15.2. The van der Waals surface area contributed by atoms with Gasteiger partial charge in [-0.15, -0.1) is 0 Å². The van der Waals surface area contributed by atoms with Crippen LogP contribution in [0.2, 0.25) is 5.02 Å². The summed E-state index contributed by atoms with van der Waals surface area (Å²) in [4.78, 5) is 36.3. The van der Waals surface area contributed by atoms with Crippen molar-refractivity contribution in [3.05, 3.63) is 74.8 Å². The minimum absolute atomic E-state index is 0.0453. The number of hydrogen-bond donors (Lipinski definition) is 0. The van der Waals surface area contributed by atoms with E-state index in [9.17, 15) is 19.7 Å². The van der Waals surface area contributed by atoms with Crippen molar-refractivity contribution >= 4 is 29.2 Å². The van der Waals surface area contributed by atoms with Crippen LogP contribution in [0.4, 0.5) is 5.69 Å². The molecule has 0 aromatic heterocycles. The Labute approximate surface area is 164 Å². The Bertz CT molecular complexity index is 930. The van der Waals surface area contributed by atoms with Crippen LogP contribution < -0.4 is 0 Å². The normalized spacial score (nSPS) is 23.1. The van der Waals surface area contributed by atoms with Crippen LogP contribution in [-0.2, 0) is 25.7 Å². The van der Waals surface area contributed by atoms with Gasteiger partial charge in [0.15, 0.2) is 6.04 Å². The standard InChI is InChI=1S/C19H15ClN2O6/c20-13-5-3-12(4-6-13)18-17(21-15(23)9-16(21)28-18)19(24)27-10-11-1-7-14(8-2-11)22(25)26/h1-8,16-18H,9-10H2/t16-,17-,18?/m1/s1. The summed E-state index contributed by atoms with van der Waals surface area (Å²) in [6, 6.07) is 11.7. The van der Waals surface area contributed by atoms with Crippen molar-refractivity contribution in [1.29, 1.82) is 0 Å². The van der Waals surface area contributed by atoms with Crippen molar-refractivity contribution in [2.24, 2.45) is 0 Å². The summed E-state index contributed by atoms with van der Waals surface area (Å²) in [5.74, 6) is -0.757. The van der Waals surface area contributed by atoms with Gasteiger partial charge in [0.25, 0.3) is 5.69 Å². The first kappa shape index (κ1) is 18.4. The van der Waals surface area contributed by atoms with E-state index >= 15 is 0 Å². The Kier molecular flexibility index (Phi) is 4.74. The smallest absolute Gasteiger partial charge is 0.332 e. The first-order chi connectivity index (χ1) is 13.4. The summed E-state index contributed by atoms with van der Waals surface area (Å²) in [5, 5.41) is 11.3. The number of rotatable bonds is 5. The third kappa shape index (κ3) is 3.32. The number of β-lactam (4-membered cyclic amide) rings is 1. The van der Waals surface area contributed by atoms with Crippen LogP contribution >= 0.6 is 11.6 Å². The molecular formula is C19H15ClN2O6. The van der Waals surface area contributed by atoms with Gasteiger partial charge >= 0.3 is 5.97 Å². The average molecular weight is 403 g/mol. The molecule has 2 aromatic rings. The summed E-state index contributed by atoms with van der Waals surface area (Å²) in [6.45, 7) is -0.0621. The number of amides is 1. The Morgan fingerprint density at radius 3 is 2.50 bits per heavy atom. The van der Waals surface area contributed by atoms with Crippen molar-refractivity contribution in [3.8, 4) is 0 Å². The fourth-order valence-corrected chi connectivity index (χ4v) is 3.47. The topological polar surface area (TPSA) is 99.0 Å². The van der Waals surface area contributed by atoms with Crippen LogP contribution in [0.5, 0.6) is 0 Å². The molecule has 3 atom stereocenters. The number of ether oxygens (including phenoxy) is 2. The largest absolute Gasteiger partial charge is 0.459 e. The van der Waals surface area contributed by atoms with Gasteiger partial charge in [-0.05, 0) is 35.4 Å². The summed E-state index contributed by atoms with van der Waals surface area (Å²) in [5.41, 5.74) is 1.28. The Morgan fingerprint density at radius 2 is 1.89 bits per heavy atom. The number of fused-ring (bicyclic) bond motifs is 1. The summed E-state index contributed by atoms with van der Waals surface area (Å²) in [6.07, 6.45) is -0.848. The number of nitrogens with zero attached hydrogens (tertiary/aromatic N) is 2. The van der Waals surface area contributed by atoms with E-state index in [-0.39, 0.29) is 24.6 Å². The highest BCUT2D eigenvalue weighted by Crippen LogP contribution is 2.42. The molecule has 2 fully saturated rings. The molecule has 4 rings (SSSR count). The van der Waals surface area contributed by atoms with Gasteiger partial charge in [-0.1, -0.05) is 23.7 Å². The number of carbonyl (C=O) groups excluding carboxylic acids is 2. The molecule has 0 N–H and O–H groups in total. The lowest BCUT2D eigenvalue weighted by atomic mass is 10.0. The van der Waals surface area contributed by atoms with Gasteiger partial charge < -0.3 is 9.47 Å². The third-order valence-electron chi connectivity index (χ3n) is 4.81. The van der Waals surface area contributed by atoms with E-state index in [1.807, 2.05) is 0 Å². The summed E-state index contributed by atoms with van der Waals surface area (Å²) >= 11 is 5.92. The number of non-ortho nitro benzene ring substituents is 1. The molecule has 0 spiro atoms. The third-order valence-corrected chi connectivity index (χ3v) is 5.06. The number of nitro groups is 1. The quantitative estimate of drug-likeness (QED) is 0.330. The van der Waals surface area contributed by atoms with E-state index in [4.69, 9.17) is 21.1 Å². The van der Waals surface area contributed by atoms with Crippen molar-refractivity contribution in [3.63, 3.8) is 0 Å². The maximum Gasteiger partial charge on any atom is 0.332 e. The van der Waals surface area contributed by atoms with E-state index in [2.05, 4.69) is 0 Å². The number of nitro benzene ring substituents is 1. The van der Waals surface area contributed by atoms with Crippen LogP contribution in [0.3, 0.4) is 0 Å². The highest BCUT2D eigenvalue weighted by Gasteiger charge is 2.56. The summed E-state index contributed by atoms with van der Waals surface area (Å²) < 4.78 is 11.3. The van der Waals surface area contributed by atoms with Gasteiger partial charge in [0.2, 0.25) is 5.91 Å². The number of benzene rings is 2. The number of carbonyl (C=O) groups is 2. The Hall–Kier alpha value is -2.97. The van der Waals surface area contributed by atoms with Crippen LogP contribution in [-0.4, -0.2) is 34.0 Å². The lowest BCUT2D eigenvalue weighted by molar-refractivity contribution is -0.384. The van der Waals surface area contributed by atoms with Crippen molar-refractivity contribution < 1.29 is 24.0 Å². The zero-order valence-electron chi connectivity index (χ0n) is 14.5. The zero-order chi connectivity index (χ0) is 19.8. The van der Waals surface area contributed by atoms with E-state index < -0.39 is 29.3 Å². The molecule has 2 saturated heterocycles. The van der Waals surface area contributed by atoms with Gasteiger partial charge in [-0.25, -0.2) is 4.79 Å². The molecule has 8 nitrogen and oxygen atoms in total. The van der Waals surface area contributed by atoms with E-state index in [1.165, 1.54) is 29.2 Å². The first-order valence-electron chi connectivity index (χ1n) is 8.56.